The molecule has 1 atom stereocenters. The van der Waals surface area contributed by atoms with Crippen LogP contribution in [-0.2, 0) is 28.6 Å². The maximum Gasteiger partial charge on any atom is 0.306 e. The zero-order chi connectivity index (χ0) is 53.6. The second-order valence-corrected chi connectivity index (χ2v) is 20.2. The molecule has 422 valence electrons. The topological polar surface area (TPSA) is 78.9 Å². The molecule has 0 aliphatic heterocycles. The average molecular weight is 1030 g/mol. The van der Waals surface area contributed by atoms with Gasteiger partial charge in [-0.15, -0.1) is 0 Å². The summed E-state index contributed by atoms with van der Waals surface area (Å²) in [6, 6.07) is 0. The van der Waals surface area contributed by atoms with Crippen LogP contribution in [0.3, 0.4) is 0 Å². The Kier molecular flexibility index (Phi) is 58.3. The Morgan fingerprint density at radius 3 is 0.865 bits per heavy atom. The summed E-state index contributed by atoms with van der Waals surface area (Å²) in [5.74, 6) is -0.945. The molecular weight excluding hydrogens is 913 g/mol. The van der Waals surface area contributed by atoms with Crippen LogP contribution in [0.5, 0.6) is 0 Å². The molecule has 0 aromatic rings. The van der Waals surface area contributed by atoms with Crippen LogP contribution in [0.2, 0.25) is 0 Å². The Balaban J connectivity index is 4.22. The minimum atomic E-state index is -0.795. The summed E-state index contributed by atoms with van der Waals surface area (Å²) in [7, 11) is 0. The highest BCUT2D eigenvalue weighted by Gasteiger charge is 2.19. The third-order valence-corrected chi connectivity index (χ3v) is 13.0. The van der Waals surface area contributed by atoms with Gasteiger partial charge in [0.05, 0.1) is 0 Å². The molecule has 1 unspecified atom stereocenters. The van der Waals surface area contributed by atoms with Crippen molar-refractivity contribution >= 4 is 17.9 Å². The van der Waals surface area contributed by atoms with Gasteiger partial charge in [0, 0.05) is 19.3 Å². The molecule has 0 saturated carbocycles. The van der Waals surface area contributed by atoms with E-state index in [2.05, 4.69) is 130 Å². The Morgan fingerprint density at radius 1 is 0.284 bits per heavy atom. The molecular formula is C68H114O6. The summed E-state index contributed by atoms with van der Waals surface area (Å²) >= 11 is 0. The Labute approximate surface area is 457 Å². The third kappa shape index (κ3) is 59.0. The number of hydrogen-bond acceptors (Lipinski definition) is 6. The molecule has 0 N–H and O–H groups in total. The van der Waals surface area contributed by atoms with Crippen LogP contribution in [-0.4, -0.2) is 37.2 Å². The van der Waals surface area contributed by atoms with E-state index in [-0.39, 0.29) is 31.1 Å². The Hall–Kier alpha value is -3.93. The summed E-state index contributed by atoms with van der Waals surface area (Å²) in [6.45, 7) is 6.44. The fourth-order valence-electron chi connectivity index (χ4n) is 8.39. The van der Waals surface area contributed by atoms with Crippen molar-refractivity contribution < 1.29 is 28.6 Å². The van der Waals surface area contributed by atoms with E-state index in [0.29, 0.717) is 19.3 Å². The fourth-order valence-corrected chi connectivity index (χ4v) is 8.39. The number of hydrogen-bond donors (Lipinski definition) is 0. The number of unbranched alkanes of at least 4 members (excludes halogenated alkanes) is 26. The van der Waals surface area contributed by atoms with Crippen molar-refractivity contribution in [3.63, 3.8) is 0 Å². The van der Waals surface area contributed by atoms with Crippen LogP contribution in [0.4, 0.5) is 0 Å². The first kappa shape index (κ1) is 70.1. The minimum Gasteiger partial charge on any atom is -0.462 e. The number of esters is 3. The standard InChI is InChI=1S/C68H114O6/c1-4-7-10-13-16-18-20-22-24-26-28-30-32-33-34-35-37-38-40-42-44-46-48-50-52-55-58-61-67(70)73-64-65(63-72-66(69)60-57-54-15-12-9-6-3)74-68(71)62-59-56-53-51-49-47-45-43-41-39-36-31-29-27-25-23-21-19-17-14-11-8-5-2/h7,10,16,18,22,24,27-30,33-34,37-38,42,44,48,50,65H,4-6,8-9,11-15,17,19-21,23,25-26,31-32,35-36,39-41,43,45-47,49,51-64H2,1-3H3/b10-7-,18-16-,24-22-,29-27-,30-28-,34-33-,38-37-,44-42-,50-48-. The van der Waals surface area contributed by atoms with E-state index < -0.39 is 6.10 Å². The molecule has 74 heavy (non-hydrogen) atoms. The number of allylic oxidation sites excluding steroid dienone is 18. The SMILES string of the molecule is CC/C=C\C/C=C\C/C=C\C/C=C\C/C=C\C/C=C\C/C=C\C/C=C\CCCCC(=O)OCC(COC(=O)CCCCCCCC)OC(=O)CCCCCCCCCCCCC/C=C\CCCCCCCCCC. The van der Waals surface area contributed by atoms with Crippen molar-refractivity contribution in [2.24, 2.45) is 0 Å². The molecule has 6 nitrogen and oxygen atoms in total. The summed E-state index contributed by atoms with van der Waals surface area (Å²) in [6.07, 6.45) is 84.1. The Bertz CT molecular complexity index is 1510. The van der Waals surface area contributed by atoms with E-state index in [1.54, 1.807) is 0 Å². The van der Waals surface area contributed by atoms with Crippen LogP contribution in [0.15, 0.2) is 109 Å². The molecule has 0 saturated heterocycles. The van der Waals surface area contributed by atoms with Crippen molar-refractivity contribution in [2.75, 3.05) is 13.2 Å². The predicted molar refractivity (Wildman–Crippen MR) is 320 cm³/mol. The van der Waals surface area contributed by atoms with E-state index >= 15 is 0 Å². The second kappa shape index (κ2) is 61.6. The normalized spacial score (nSPS) is 12.9. The van der Waals surface area contributed by atoms with Gasteiger partial charge in [0.15, 0.2) is 6.10 Å². The lowest BCUT2D eigenvalue weighted by Crippen LogP contribution is -2.30. The molecule has 0 bridgehead atoms. The van der Waals surface area contributed by atoms with E-state index in [1.165, 1.54) is 135 Å². The van der Waals surface area contributed by atoms with E-state index in [0.717, 1.165) is 109 Å². The molecule has 0 aliphatic rings. The molecule has 0 radical (unpaired) electrons. The first-order chi connectivity index (χ1) is 36.5. The van der Waals surface area contributed by atoms with E-state index in [9.17, 15) is 14.4 Å². The first-order valence-corrected chi connectivity index (χ1v) is 30.9. The molecule has 0 amide bonds. The molecule has 0 heterocycles. The summed E-state index contributed by atoms with van der Waals surface area (Å²) < 4.78 is 16.7. The van der Waals surface area contributed by atoms with Crippen LogP contribution in [0.1, 0.15) is 284 Å². The molecule has 0 aliphatic carbocycles. The summed E-state index contributed by atoms with van der Waals surface area (Å²) in [5, 5.41) is 0. The highest BCUT2D eigenvalue weighted by Crippen LogP contribution is 2.15. The highest BCUT2D eigenvalue weighted by molar-refractivity contribution is 5.71. The maximum absolute atomic E-state index is 12.8. The van der Waals surface area contributed by atoms with Crippen molar-refractivity contribution in [1.29, 1.82) is 0 Å². The largest absolute Gasteiger partial charge is 0.462 e. The van der Waals surface area contributed by atoms with Gasteiger partial charge in [-0.05, 0) is 109 Å². The highest BCUT2D eigenvalue weighted by atomic mass is 16.6. The second-order valence-electron chi connectivity index (χ2n) is 20.2. The molecule has 0 aromatic carbocycles. The predicted octanol–water partition coefficient (Wildman–Crippen LogP) is 21.0. The van der Waals surface area contributed by atoms with Crippen LogP contribution in [0, 0.1) is 0 Å². The van der Waals surface area contributed by atoms with Gasteiger partial charge in [-0.1, -0.05) is 265 Å². The smallest absolute Gasteiger partial charge is 0.306 e. The van der Waals surface area contributed by atoms with Crippen molar-refractivity contribution in [3.8, 4) is 0 Å². The molecule has 0 aromatic heterocycles. The van der Waals surface area contributed by atoms with Crippen molar-refractivity contribution in [1.82, 2.24) is 0 Å². The fraction of sp³-hybridized carbons (Fsp3) is 0.691. The zero-order valence-electron chi connectivity index (χ0n) is 48.3. The van der Waals surface area contributed by atoms with Crippen molar-refractivity contribution in [3.05, 3.63) is 109 Å². The van der Waals surface area contributed by atoms with Gasteiger partial charge in [-0.3, -0.25) is 14.4 Å². The molecule has 0 spiro atoms. The zero-order valence-corrected chi connectivity index (χ0v) is 48.3. The monoisotopic (exact) mass is 1030 g/mol. The van der Waals surface area contributed by atoms with Gasteiger partial charge in [0.2, 0.25) is 0 Å². The quantitative estimate of drug-likeness (QED) is 0.0261. The van der Waals surface area contributed by atoms with Crippen LogP contribution in [0.25, 0.3) is 0 Å². The third-order valence-electron chi connectivity index (χ3n) is 13.0. The van der Waals surface area contributed by atoms with Gasteiger partial charge in [0.1, 0.15) is 13.2 Å². The number of ether oxygens (including phenoxy) is 3. The van der Waals surface area contributed by atoms with Gasteiger partial charge in [-0.2, -0.15) is 0 Å². The van der Waals surface area contributed by atoms with E-state index in [1.807, 2.05) is 0 Å². The maximum atomic E-state index is 12.8. The summed E-state index contributed by atoms with van der Waals surface area (Å²) in [5.41, 5.74) is 0. The van der Waals surface area contributed by atoms with Gasteiger partial charge in [-0.25, -0.2) is 0 Å². The number of rotatable bonds is 55. The molecule has 0 rings (SSSR count). The van der Waals surface area contributed by atoms with Gasteiger partial charge < -0.3 is 14.2 Å². The lowest BCUT2D eigenvalue weighted by atomic mass is 10.0. The lowest BCUT2D eigenvalue weighted by Gasteiger charge is -2.18. The minimum absolute atomic E-state index is 0.0925. The number of carbonyl (C=O) groups excluding carboxylic acids is 3. The number of carbonyl (C=O) groups is 3. The van der Waals surface area contributed by atoms with Crippen LogP contribution < -0.4 is 0 Å². The van der Waals surface area contributed by atoms with Crippen LogP contribution >= 0.6 is 0 Å². The molecule has 6 heteroatoms. The Morgan fingerprint density at radius 2 is 0.527 bits per heavy atom. The lowest BCUT2D eigenvalue weighted by molar-refractivity contribution is -0.167. The average Bonchev–Trinajstić information content (AvgIpc) is 3.40. The van der Waals surface area contributed by atoms with Crippen molar-refractivity contribution in [2.45, 2.75) is 290 Å². The molecule has 0 fully saturated rings. The van der Waals surface area contributed by atoms with Gasteiger partial charge in [0.25, 0.3) is 0 Å². The summed E-state index contributed by atoms with van der Waals surface area (Å²) in [4.78, 5) is 38.0. The van der Waals surface area contributed by atoms with E-state index in [4.69, 9.17) is 14.2 Å². The van der Waals surface area contributed by atoms with Gasteiger partial charge >= 0.3 is 17.9 Å². The first-order valence-electron chi connectivity index (χ1n) is 30.9.